The Labute approximate surface area is 127 Å². The van der Waals surface area contributed by atoms with Gasteiger partial charge in [0.05, 0.1) is 0 Å². The molecule has 0 spiro atoms. The minimum atomic E-state index is -2.17. The molecule has 0 radical (unpaired) electrons. The summed E-state index contributed by atoms with van der Waals surface area (Å²) in [5, 5.41) is 0.318. The molecule has 120 valence electrons. The van der Waals surface area contributed by atoms with E-state index in [1.807, 2.05) is 14.2 Å². The van der Waals surface area contributed by atoms with E-state index in [-0.39, 0.29) is 0 Å². The molecule has 1 heterocycles. The first-order chi connectivity index (χ1) is 9.62. The number of rotatable bonds is 8. The molecule has 1 aliphatic heterocycles. The smallest absolute Gasteiger partial charge is 0.347 e. The van der Waals surface area contributed by atoms with Gasteiger partial charge in [0, 0.05) is 24.8 Å². The van der Waals surface area contributed by atoms with Crippen molar-refractivity contribution in [2.75, 3.05) is 14.2 Å². The lowest BCUT2D eigenvalue weighted by Crippen LogP contribution is -2.61. The molecule has 20 heavy (non-hydrogen) atoms. The van der Waals surface area contributed by atoms with Crippen LogP contribution in [-0.4, -0.2) is 22.8 Å². The molecule has 1 aliphatic rings. The highest BCUT2D eigenvalue weighted by atomic mass is 28.4. The van der Waals surface area contributed by atoms with Crippen molar-refractivity contribution in [1.29, 1.82) is 0 Å². The molecular formula is C17H36O2Si. The zero-order valence-corrected chi connectivity index (χ0v) is 15.6. The SMILES string of the molecule is CCCC1CCC(CC)C(CC)(CCC)[Si]1(OC)OC. The Morgan fingerprint density at radius 1 is 1.00 bits per heavy atom. The lowest BCUT2D eigenvalue weighted by atomic mass is 9.79. The van der Waals surface area contributed by atoms with Crippen molar-refractivity contribution >= 4 is 8.56 Å². The molecule has 0 aromatic heterocycles. The second kappa shape index (κ2) is 7.95. The summed E-state index contributed by atoms with van der Waals surface area (Å²) in [6.45, 7) is 9.34. The van der Waals surface area contributed by atoms with E-state index in [9.17, 15) is 0 Å². The largest absolute Gasteiger partial charge is 0.397 e. The average Bonchev–Trinajstić information content (AvgIpc) is 2.48. The summed E-state index contributed by atoms with van der Waals surface area (Å²) in [7, 11) is 1.69. The summed E-state index contributed by atoms with van der Waals surface area (Å²) >= 11 is 0. The zero-order valence-electron chi connectivity index (χ0n) is 14.6. The van der Waals surface area contributed by atoms with E-state index in [0.29, 0.717) is 10.6 Å². The van der Waals surface area contributed by atoms with Crippen molar-refractivity contribution in [1.82, 2.24) is 0 Å². The first-order valence-corrected chi connectivity index (χ1v) is 10.6. The van der Waals surface area contributed by atoms with Crippen LogP contribution in [0.2, 0.25) is 10.6 Å². The Balaban J connectivity index is 3.30. The van der Waals surface area contributed by atoms with Gasteiger partial charge in [0.2, 0.25) is 0 Å². The van der Waals surface area contributed by atoms with Gasteiger partial charge in [-0.1, -0.05) is 47.0 Å². The van der Waals surface area contributed by atoms with Crippen LogP contribution in [0, 0.1) is 5.92 Å². The molecular weight excluding hydrogens is 264 g/mol. The van der Waals surface area contributed by atoms with Crippen molar-refractivity contribution in [2.45, 2.75) is 89.6 Å². The van der Waals surface area contributed by atoms with E-state index in [4.69, 9.17) is 8.85 Å². The molecule has 0 amide bonds. The number of hydrogen-bond acceptors (Lipinski definition) is 2. The molecule has 3 atom stereocenters. The summed E-state index contributed by atoms with van der Waals surface area (Å²) in [6, 6.07) is 0. The van der Waals surface area contributed by atoms with Crippen molar-refractivity contribution in [3.8, 4) is 0 Å². The predicted octanol–water partition coefficient (Wildman–Crippen LogP) is 5.66. The van der Waals surface area contributed by atoms with Gasteiger partial charge in [0.25, 0.3) is 0 Å². The van der Waals surface area contributed by atoms with E-state index < -0.39 is 8.56 Å². The normalized spacial score (nSPS) is 33.3. The fourth-order valence-corrected chi connectivity index (χ4v) is 10.9. The Kier molecular flexibility index (Phi) is 7.23. The Morgan fingerprint density at radius 2 is 1.65 bits per heavy atom. The maximum atomic E-state index is 6.30. The van der Waals surface area contributed by atoms with Gasteiger partial charge in [0.15, 0.2) is 0 Å². The maximum absolute atomic E-state index is 6.30. The molecule has 0 aliphatic carbocycles. The Bertz CT molecular complexity index is 278. The average molecular weight is 301 g/mol. The fraction of sp³-hybridized carbons (Fsp3) is 1.00. The van der Waals surface area contributed by atoms with Gasteiger partial charge >= 0.3 is 8.56 Å². The molecule has 0 aromatic rings. The van der Waals surface area contributed by atoms with Crippen LogP contribution in [0.4, 0.5) is 0 Å². The van der Waals surface area contributed by atoms with E-state index in [1.165, 1.54) is 51.4 Å². The quantitative estimate of drug-likeness (QED) is 0.538. The minimum absolute atomic E-state index is 0.318. The lowest BCUT2D eigenvalue weighted by molar-refractivity contribution is 0.113. The van der Waals surface area contributed by atoms with Gasteiger partial charge in [-0.25, -0.2) is 0 Å². The molecule has 0 saturated carbocycles. The summed E-state index contributed by atoms with van der Waals surface area (Å²) in [5.74, 6) is 0.784. The van der Waals surface area contributed by atoms with Gasteiger partial charge in [-0.05, 0) is 38.0 Å². The van der Waals surface area contributed by atoms with Gasteiger partial charge in [-0.2, -0.15) is 0 Å². The van der Waals surface area contributed by atoms with E-state index >= 15 is 0 Å². The van der Waals surface area contributed by atoms with Gasteiger partial charge < -0.3 is 8.85 Å². The fourth-order valence-electron chi connectivity index (χ4n) is 5.20. The summed E-state index contributed by atoms with van der Waals surface area (Å²) in [5.41, 5.74) is 0.678. The van der Waals surface area contributed by atoms with Crippen molar-refractivity contribution in [3.05, 3.63) is 0 Å². The highest BCUT2D eigenvalue weighted by Crippen LogP contribution is 2.63. The monoisotopic (exact) mass is 300 g/mol. The molecule has 0 N–H and O–H groups in total. The topological polar surface area (TPSA) is 18.5 Å². The molecule has 1 rings (SSSR count). The van der Waals surface area contributed by atoms with Crippen LogP contribution in [0.1, 0.15) is 79.1 Å². The van der Waals surface area contributed by atoms with Gasteiger partial charge in [-0.3, -0.25) is 0 Å². The second-order valence-electron chi connectivity index (χ2n) is 6.50. The maximum Gasteiger partial charge on any atom is 0.347 e. The van der Waals surface area contributed by atoms with Crippen LogP contribution in [-0.2, 0) is 8.85 Å². The summed E-state index contributed by atoms with van der Waals surface area (Å²) in [4.78, 5) is 0. The molecule has 2 nitrogen and oxygen atoms in total. The predicted molar refractivity (Wildman–Crippen MR) is 89.3 cm³/mol. The molecule has 0 aromatic carbocycles. The third-order valence-electron chi connectivity index (χ3n) is 5.94. The van der Waals surface area contributed by atoms with E-state index in [2.05, 4.69) is 27.7 Å². The first kappa shape index (κ1) is 18.2. The van der Waals surface area contributed by atoms with Crippen LogP contribution in [0.3, 0.4) is 0 Å². The number of hydrogen-bond donors (Lipinski definition) is 0. The molecule has 1 fully saturated rings. The lowest BCUT2D eigenvalue weighted by Gasteiger charge is -2.57. The summed E-state index contributed by atoms with van der Waals surface area (Å²) < 4.78 is 12.6. The van der Waals surface area contributed by atoms with Crippen molar-refractivity contribution in [3.63, 3.8) is 0 Å². The van der Waals surface area contributed by atoms with Crippen LogP contribution in [0.5, 0.6) is 0 Å². The Morgan fingerprint density at radius 3 is 2.05 bits per heavy atom. The summed E-state index contributed by atoms with van der Waals surface area (Å²) in [6.07, 6.45) is 10.2. The third kappa shape index (κ3) is 2.73. The second-order valence-corrected chi connectivity index (χ2v) is 10.5. The highest BCUT2D eigenvalue weighted by molar-refractivity contribution is 6.72. The van der Waals surface area contributed by atoms with Crippen LogP contribution in [0.15, 0.2) is 0 Å². The first-order valence-electron chi connectivity index (χ1n) is 8.72. The molecule has 3 heteroatoms. The molecule has 1 saturated heterocycles. The van der Waals surface area contributed by atoms with Crippen LogP contribution in [0.25, 0.3) is 0 Å². The minimum Gasteiger partial charge on any atom is -0.397 e. The molecule has 0 bridgehead atoms. The van der Waals surface area contributed by atoms with Gasteiger partial charge in [0.1, 0.15) is 0 Å². The van der Waals surface area contributed by atoms with E-state index in [1.54, 1.807) is 0 Å². The van der Waals surface area contributed by atoms with Gasteiger partial charge in [-0.15, -0.1) is 0 Å². The highest BCUT2D eigenvalue weighted by Gasteiger charge is 2.64. The van der Waals surface area contributed by atoms with Crippen molar-refractivity contribution in [2.24, 2.45) is 5.92 Å². The van der Waals surface area contributed by atoms with Crippen molar-refractivity contribution < 1.29 is 8.85 Å². The van der Waals surface area contributed by atoms with Crippen LogP contribution < -0.4 is 0 Å². The third-order valence-corrected chi connectivity index (χ3v) is 11.2. The molecule has 3 unspecified atom stereocenters. The van der Waals surface area contributed by atoms with Crippen LogP contribution >= 0.6 is 0 Å². The Hall–Kier alpha value is 0.137. The standard InChI is InChI=1S/C17H36O2Si/c1-7-11-16-13-12-15(9-3)17(10-4,14-8-2)20(16,18-5)19-6/h15-16H,7-14H2,1-6H3. The zero-order chi connectivity index (χ0) is 15.2. The van der Waals surface area contributed by atoms with E-state index in [0.717, 1.165) is 5.92 Å².